The summed E-state index contributed by atoms with van der Waals surface area (Å²) in [5.74, 6) is 1.52. The van der Waals surface area contributed by atoms with E-state index in [9.17, 15) is 4.39 Å². The Morgan fingerprint density at radius 3 is 2.82 bits per heavy atom. The van der Waals surface area contributed by atoms with Crippen molar-refractivity contribution in [2.45, 2.75) is 44.2 Å². The van der Waals surface area contributed by atoms with Crippen molar-refractivity contribution < 1.29 is 4.39 Å². The van der Waals surface area contributed by atoms with Crippen molar-refractivity contribution in [1.82, 2.24) is 5.32 Å². The second-order valence-electron chi connectivity index (χ2n) is 5.05. The van der Waals surface area contributed by atoms with Crippen LogP contribution in [0.4, 0.5) is 4.39 Å². The highest BCUT2D eigenvalue weighted by atomic mass is 32.2. The summed E-state index contributed by atoms with van der Waals surface area (Å²) in [4.78, 5) is 0.840. The van der Waals surface area contributed by atoms with Crippen LogP contribution in [0.3, 0.4) is 0 Å². The lowest BCUT2D eigenvalue weighted by molar-refractivity contribution is 0.365. The minimum atomic E-state index is -0.0730. The van der Waals surface area contributed by atoms with Crippen LogP contribution in [0.15, 0.2) is 23.1 Å². The molecule has 1 aliphatic heterocycles. The van der Waals surface area contributed by atoms with Crippen molar-refractivity contribution in [2.75, 3.05) is 5.75 Å². The molecule has 0 saturated heterocycles. The highest BCUT2D eigenvalue weighted by molar-refractivity contribution is 7.99. The molecule has 0 aliphatic carbocycles. The molecule has 2 rings (SSSR count). The predicted octanol–water partition coefficient (Wildman–Crippen LogP) is 4.00. The smallest absolute Gasteiger partial charge is 0.137 e. The number of nitrogens with one attached hydrogen (secondary N) is 1. The fourth-order valence-corrected chi connectivity index (χ4v) is 3.21. The van der Waals surface area contributed by atoms with E-state index in [1.807, 2.05) is 6.07 Å². The van der Waals surface area contributed by atoms with Crippen molar-refractivity contribution in [2.24, 2.45) is 5.92 Å². The minimum Gasteiger partial charge on any atom is -0.307 e. The van der Waals surface area contributed by atoms with Gasteiger partial charge in [0.1, 0.15) is 5.82 Å². The maximum absolute atomic E-state index is 13.7. The van der Waals surface area contributed by atoms with Gasteiger partial charge in [-0.2, -0.15) is 0 Å². The van der Waals surface area contributed by atoms with Crippen molar-refractivity contribution in [3.63, 3.8) is 0 Å². The third kappa shape index (κ3) is 2.83. The summed E-state index contributed by atoms with van der Waals surface area (Å²) in [6.07, 6.45) is 1.08. The minimum absolute atomic E-state index is 0.0730. The Balaban J connectivity index is 2.20. The van der Waals surface area contributed by atoms with Gasteiger partial charge in [-0.25, -0.2) is 4.39 Å². The first-order valence-corrected chi connectivity index (χ1v) is 7.25. The molecule has 0 fully saturated rings. The van der Waals surface area contributed by atoms with Crippen LogP contribution in [0.2, 0.25) is 0 Å². The molecule has 1 heterocycles. The average Bonchev–Trinajstić information content (AvgIpc) is 2.30. The van der Waals surface area contributed by atoms with Crippen LogP contribution in [0.1, 0.15) is 38.8 Å². The molecular formula is C14H20FNS. The van der Waals surface area contributed by atoms with Crippen LogP contribution in [-0.4, -0.2) is 11.8 Å². The van der Waals surface area contributed by atoms with Crippen LogP contribution in [0, 0.1) is 11.7 Å². The van der Waals surface area contributed by atoms with Crippen molar-refractivity contribution in [1.29, 1.82) is 0 Å². The van der Waals surface area contributed by atoms with Gasteiger partial charge in [0, 0.05) is 17.0 Å². The van der Waals surface area contributed by atoms with Gasteiger partial charge in [0.25, 0.3) is 0 Å². The van der Waals surface area contributed by atoms with Crippen molar-refractivity contribution in [3.8, 4) is 0 Å². The highest BCUT2D eigenvalue weighted by Crippen LogP contribution is 2.38. The maximum Gasteiger partial charge on any atom is 0.137 e. The number of thioether (sulfide) groups is 1. The van der Waals surface area contributed by atoms with Gasteiger partial charge in [-0.15, -0.1) is 11.8 Å². The summed E-state index contributed by atoms with van der Waals surface area (Å²) in [5, 5.41) is 3.62. The van der Waals surface area contributed by atoms with Crippen molar-refractivity contribution >= 4 is 11.8 Å². The molecule has 0 aromatic heterocycles. The van der Waals surface area contributed by atoms with E-state index < -0.39 is 0 Å². The SMILES string of the molecule is CC(C)C(C)NC1CCSc2c(F)cccc21. The fraction of sp³-hybridized carbons (Fsp3) is 0.571. The van der Waals surface area contributed by atoms with Gasteiger partial charge in [-0.05, 0) is 36.6 Å². The predicted molar refractivity (Wildman–Crippen MR) is 71.9 cm³/mol. The van der Waals surface area contributed by atoms with E-state index in [4.69, 9.17) is 0 Å². The summed E-state index contributed by atoms with van der Waals surface area (Å²) in [7, 11) is 0. The Bertz CT molecular complexity index is 392. The summed E-state index contributed by atoms with van der Waals surface area (Å²) in [5.41, 5.74) is 1.13. The molecule has 1 aromatic carbocycles. The molecule has 3 heteroatoms. The average molecular weight is 253 g/mol. The Morgan fingerprint density at radius 2 is 2.12 bits per heavy atom. The van der Waals surface area contributed by atoms with Crippen LogP contribution < -0.4 is 5.32 Å². The monoisotopic (exact) mass is 253 g/mol. The molecule has 0 radical (unpaired) electrons. The first-order valence-electron chi connectivity index (χ1n) is 6.27. The zero-order valence-corrected chi connectivity index (χ0v) is 11.5. The number of halogens is 1. The number of hydrogen-bond acceptors (Lipinski definition) is 2. The number of hydrogen-bond donors (Lipinski definition) is 1. The third-order valence-corrected chi connectivity index (χ3v) is 4.65. The fourth-order valence-electron chi connectivity index (χ4n) is 2.07. The van der Waals surface area contributed by atoms with Crippen LogP contribution in [0.25, 0.3) is 0 Å². The quantitative estimate of drug-likeness (QED) is 0.874. The second kappa shape index (κ2) is 5.40. The topological polar surface area (TPSA) is 12.0 Å². The summed E-state index contributed by atoms with van der Waals surface area (Å²) in [6, 6.07) is 6.18. The van der Waals surface area contributed by atoms with E-state index in [2.05, 4.69) is 32.2 Å². The molecule has 17 heavy (non-hydrogen) atoms. The summed E-state index contributed by atoms with van der Waals surface area (Å²) < 4.78 is 13.7. The molecule has 0 bridgehead atoms. The lowest BCUT2D eigenvalue weighted by Gasteiger charge is -2.30. The molecule has 2 unspecified atom stereocenters. The van der Waals surface area contributed by atoms with E-state index in [0.717, 1.165) is 22.6 Å². The van der Waals surface area contributed by atoms with Gasteiger partial charge in [0.2, 0.25) is 0 Å². The largest absolute Gasteiger partial charge is 0.307 e. The number of rotatable bonds is 3. The second-order valence-corrected chi connectivity index (χ2v) is 6.15. The van der Waals surface area contributed by atoms with Crippen LogP contribution in [-0.2, 0) is 0 Å². The van der Waals surface area contributed by atoms with Gasteiger partial charge in [-0.1, -0.05) is 26.0 Å². The Kier molecular flexibility index (Phi) is 4.10. The van der Waals surface area contributed by atoms with Crippen LogP contribution in [0.5, 0.6) is 0 Å². The first-order chi connectivity index (χ1) is 8.09. The Hall–Kier alpha value is -0.540. The molecule has 1 nitrogen and oxygen atoms in total. The van der Waals surface area contributed by atoms with E-state index in [0.29, 0.717) is 18.0 Å². The normalized spacial score (nSPS) is 21.4. The maximum atomic E-state index is 13.7. The molecule has 0 saturated carbocycles. The molecule has 2 atom stereocenters. The lowest BCUT2D eigenvalue weighted by Crippen LogP contribution is -2.35. The van der Waals surface area contributed by atoms with Gasteiger partial charge in [0.15, 0.2) is 0 Å². The zero-order valence-electron chi connectivity index (χ0n) is 10.7. The Labute approximate surface area is 107 Å². The zero-order chi connectivity index (χ0) is 12.4. The van der Waals surface area contributed by atoms with E-state index in [1.54, 1.807) is 17.8 Å². The van der Waals surface area contributed by atoms with E-state index in [1.165, 1.54) is 0 Å². The van der Waals surface area contributed by atoms with Gasteiger partial charge >= 0.3 is 0 Å². The van der Waals surface area contributed by atoms with E-state index in [-0.39, 0.29) is 5.82 Å². The van der Waals surface area contributed by atoms with Gasteiger partial charge < -0.3 is 5.32 Å². The molecular weight excluding hydrogens is 233 g/mol. The first kappa shape index (κ1) is 12.9. The summed E-state index contributed by atoms with van der Waals surface area (Å²) in [6.45, 7) is 6.62. The summed E-state index contributed by atoms with van der Waals surface area (Å²) >= 11 is 1.64. The molecule has 0 amide bonds. The molecule has 1 N–H and O–H groups in total. The van der Waals surface area contributed by atoms with E-state index >= 15 is 0 Å². The van der Waals surface area contributed by atoms with Gasteiger partial charge in [0.05, 0.1) is 0 Å². The van der Waals surface area contributed by atoms with Crippen molar-refractivity contribution in [3.05, 3.63) is 29.6 Å². The number of fused-ring (bicyclic) bond motifs is 1. The lowest BCUT2D eigenvalue weighted by atomic mass is 9.99. The standard InChI is InChI=1S/C14H20FNS/c1-9(2)10(3)16-13-7-8-17-14-11(13)5-4-6-12(14)15/h4-6,9-10,13,16H,7-8H2,1-3H3. The molecule has 1 aromatic rings. The molecule has 0 spiro atoms. The van der Waals surface area contributed by atoms with Crippen LogP contribution >= 0.6 is 11.8 Å². The third-order valence-electron chi connectivity index (χ3n) is 3.49. The number of benzene rings is 1. The Morgan fingerprint density at radius 1 is 1.35 bits per heavy atom. The van der Waals surface area contributed by atoms with Gasteiger partial charge in [-0.3, -0.25) is 0 Å². The molecule has 94 valence electrons. The molecule has 1 aliphatic rings. The highest BCUT2D eigenvalue weighted by Gasteiger charge is 2.24.